The summed E-state index contributed by atoms with van der Waals surface area (Å²) in [5, 5.41) is 0. The third kappa shape index (κ3) is 5.33. The topological polar surface area (TPSA) is 35.5 Å². The normalized spacial score (nSPS) is 13.2. The largest absolute Gasteiger partial charge is 0.479 e. The summed E-state index contributed by atoms with van der Waals surface area (Å²) in [6, 6.07) is 7.80. The number of hydrogen-bond donors (Lipinski definition) is 0. The van der Waals surface area contributed by atoms with Gasteiger partial charge in [-0.3, -0.25) is 0 Å². The van der Waals surface area contributed by atoms with Gasteiger partial charge in [0.1, 0.15) is 11.4 Å². The average molecular weight is 264 g/mol. The van der Waals surface area contributed by atoms with Gasteiger partial charge in [-0.05, 0) is 51.3 Å². The van der Waals surface area contributed by atoms with Crippen molar-refractivity contribution in [2.75, 3.05) is 0 Å². The standard InChI is InChI=1S/C16H24O3/c1-11(2)13-7-9-14(10-8-13)18-12(3)15(17)19-16(4,5)6/h7-12H,1-6H3. The highest BCUT2D eigenvalue weighted by Gasteiger charge is 2.22. The molecule has 0 amide bonds. The molecule has 1 aromatic rings. The first-order valence-electron chi connectivity index (χ1n) is 6.68. The van der Waals surface area contributed by atoms with Gasteiger partial charge in [-0.15, -0.1) is 0 Å². The van der Waals surface area contributed by atoms with Crippen molar-refractivity contribution in [3.8, 4) is 5.75 Å². The second kappa shape index (κ2) is 6.09. The predicted molar refractivity (Wildman–Crippen MR) is 76.5 cm³/mol. The van der Waals surface area contributed by atoms with Gasteiger partial charge < -0.3 is 9.47 Å². The first-order valence-corrected chi connectivity index (χ1v) is 6.68. The van der Waals surface area contributed by atoms with Crippen LogP contribution in [0.2, 0.25) is 0 Å². The number of benzene rings is 1. The molecule has 3 heteroatoms. The summed E-state index contributed by atoms with van der Waals surface area (Å²) in [4.78, 5) is 11.8. The number of carbonyl (C=O) groups excluding carboxylic acids is 1. The van der Waals surface area contributed by atoms with Gasteiger partial charge in [-0.25, -0.2) is 4.79 Å². The van der Waals surface area contributed by atoms with Crippen LogP contribution in [0.25, 0.3) is 0 Å². The first-order chi connectivity index (χ1) is 8.69. The molecule has 0 radical (unpaired) electrons. The molecule has 1 unspecified atom stereocenters. The Hall–Kier alpha value is -1.51. The molecule has 0 saturated carbocycles. The van der Waals surface area contributed by atoms with Gasteiger partial charge in [0.05, 0.1) is 0 Å². The van der Waals surface area contributed by atoms with Gasteiger partial charge in [-0.2, -0.15) is 0 Å². The van der Waals surface area contributed by atoms with E-state index in [1.165, 1.54) is 5.56 Å². The fraction of sp³-hybridized carbons (Fsp3) is 0.562. The van der Waals surface area contributed by atoms with E-state index in [2.05, 4.69) is 13.8 Å². The average Bonchev–Trinajstić information content (AvgIpc) is 2.27. The van der Waals surface area contributed by atoms with E-state index < -0.39 is 11.7 Å². The second-order valence-electron chi connectivity index (χ2n) is 6.02. The van der Waals surface area contributed by atoms with Crippen LogP contribution in [0.4, 0.5) is 0 Å². The Morgan fingerprint density at radius 1 is 1.05 bits per heavy atom. The maximum absolute atomic E-state index is 11.8. The van der Waals surface area contributed by atoms with Crippen LogP contribution < -0.4 is 4.74 Å². The zero-order chi connectivity index (χ0) is 14.6. The Balaban J connectivity index is 2.61. The first kappa shape index (κ1) is 15.5. The number of carbonyl (C=O) groups is 1. The van der Waals surface area contributed by atoms with Crippen molar-refractivity contribution in [1.29, 1.82) is 0 Å². The van der Waals surface area contributed by atoms with Crippen LogP contribution in [-0.4, -0.2) is 17.7 Å². The predicted octanol–water partition coefficient (Wildman–Crippen LogP) is 3.92. The van der Waals surface area contributed by atoms with Crippen LogP contribution >= 0.6 is 0 Å². The second-order valence-corrected chi connectivity index (χ2v) is 6.02. The highest BCUT2D eigenvalue weighted by atomic mass is 16.6. The molecule has 0 aliphatic rings. The van der Waals surface area contributed by atoms with Gasteiger partial charge in [0, 0.05) is 0 Å². The molecule has 19 heavy (non-hydrogen) atoms. The lowest BCUT2D eigenvalue weighted by Crippen LogP contribution is -2.33. The monoisotopic (exact) mass is 264 g/mol. The molecule has 0 spiro atoms. The van der Waals surface area contributed by atoms with Crippen molar-refractivity contribution in [2.24, 2.45) is 0 Å². The van der Waals surface area contributed by atoms with Gasteiger partial charge in [0.25, 0.3) is 0 Å². The van der Waals surface area contributed by atoms with E-state index in [9.17, 15) is 4.79 Å². The quantitative estimate of drug-likeness (QED) is 0.773. The molecule has 0 aliphatic carbocycles. The molecule has 0 bridgehead atoms. The maximum atomic E-state index is 11.8. The zero-order valence-corrected chi connectivity index (χ0v) is 12.7. The van der Waals surface area contributed by atoms with Crippen LogP contribution in [0.3, 0.4) is 0 Å². The fourth-order valence-electron chi connectivity index (χ4n) is 1.57. The maximum Gasteiger partial charge on any atom is 0.347 e. The van der Waals surface area contributed by atoms with Crippen molar-refractivity contribution in [3.05, 3.63) is 29.8 Å². The van der Waals surface area contributed by atoms with E-state index >= 15 is 0 Å². The number of ether oxygens (including phenoxy) is 2. The van der Waals surface area contributed by atoms with Crippen molar-refractivity contribution in [2.45, 2.75) is 59.2 Å². The molecular weight excluding hydrogens is 240 g/mol. The number of hydrogen-bond acceptors (Lipinski definition) is 3. The Bertz CT molecular complexity index is 413. The molecule has 0 aromatic heterocycles. The van der Waals surface area contributed by atoms with E-state index in [4.69, 9.17) is 9.47 Å². The highest BCUT2D eigenvalue weighted by Crippen LogP contribution is 2.20. The van der Waals surface area contributed by atoms with E-state index in [0.717, 1.165) is 0 Å². The highest BCUT2D eigenvalue weighted by molar-refractivity contribution is 5.75. The minimum absolute atomic E-state index is 0.347. The molecule has 0 fully saturated rings. The fourth-order valence-corrected chi connectivity index (χ4v) is 1.57. The lowest BCUT2D eigenvalue weighted by atomic mass is 10.0. The smallest absolute Gasteiger partial charge is 0.347 e. The number of esters is 1. The van der Waals surface area contributed by atoms with Crippen LogP contribution in [-0.2, 0) is 9.53 Å². The summed E-state index contributed by atoms with van der Waals surface area (Å²) in [6.45, 7) is 11.5. The molecular formula is C16H24O3. The van der Waals surface area contributed by atoms with E-state index in [0.29, 0.717) is 11.7 Å². The van der Waals surface area contributed by atoms with E-state index in [1.807, 2.05) is 45.0 Å². The minimum Gasteiger partial charge on any atom is -0.479 e. The van der Waals surface area contributed by atoms with Crippen LogP contribution in [0.15, 0.2) is 24.3 Å². The molecule has 0 N–H and O–H groups in total. The summed E-state index contributed by atoms with van der Waals surface area (Å²) >= 11 is 0. The van der Waals surface area contributed by atoms with Gasteiger partial charge in [-0.1, -0.05) is 26.0 Å². The van der Waals surface area contributed by atoms with E-state index in [1.54, 1.807) is 6.92 Å². The van der Waals surface area contributed by atoms with Crippen LogP contribution in [0.1, 0.15) is 53.0 Å². The molecule has 0 heterocycles. The minimum atomic E-state index is -0.607. The van der Waals surface area contributed by atoms with Crippen molar-refractivity contribution < 1.29 is 14.3 Å². The van der Waals surface area contributed by atoms with Crippen molar-refractivity contribution in [3.63, 3.8) is 0 Å². The zero-order valence-electron chi connectivity index (χ0n) is 12.7. The van der Waals surface area contributed by atoms with Gasteiger partial charge >= 0.3 is 5.97 Å². The SMILES string of the molecule is CC(Oc1ccc(C(C)C)cc1)C(=O)OC(C)(C)C. The third-order valence-electron chi connectivity index (χ3n) is 2.60. The molecule has 1 aromatic carbocycles. The van der Waals surface area contributed by atoms with Crippen LogP contribution in [0.5, 0.6) is 5.75 Å². The number of rotatable bonds is 4. The Labute approximate surface area is 115 Å². The molecule has 0 aliphatic heterocycles. The summed E-state index contributed by atoms with van der Waals surface area (Å²) in [5.41, 5.74) is 0.758. The van der Waals surface area contributed by atoms with Gasteiger partial charge in [0.2, 0.25) is 0 Å². The van der Waals surface area contributed by atoms with Crippen molar-refractivity contribution in [1.82, 2.24) is 0 Å². The molecule has 106 valence electrons. The summed E-state index contributed by atoms with van der Waals surface area (Å²) in [7, 11) is 0. The molecule has 1 atom stereocenters. The summed E-state index contributed by atoms with van der Waals surface area (Å²) < 4.78 is 10.9. The molecule has 1 rings (SSSR count). The Morgan fingerprint density at radius 2 is 1.58 bits per heavy atom. The molecule has 0 saturated heterocycles. The lowest BCUT2D eigenvalue weighted by Gasteiger charge is -2.22. The van der Waals surface area contributed by atoms with E-state index in [-0.39, 0.29) is 5.97 Å². The van der Waals surface area contributed by atoms with Gasteiger partial charge in [0.15, 0.2) is 6.10 Å². The van der Waals surface area contributed by atoms with Crippen molar-refractivity contribution >= 4 is 5.97 Å². The lowest BCUT2D eigenvalue weighted by molar-refractivity contribution is -0.162. The Morgan fingerprint density at radius 3 is 2.00 bits per heavy atom. The van der Waals surface area contributed by atoms with Crippen LogP contribution in [0, 0.1) is 0 Å². The summed E-state index contributed by atoms with van der Waals surface area (Å²) in [6.07, 6.45) is -0.607. The molecule has 3 nitrogen and oxygen atoms in total. The summed E-state index contributed by atoms with van der Waals surface area (Å²) in [5.74, 6) is 0.820. The third-order valence-corrected chi connectivity index (χ3v) is 2.60. The Kier molecular flexibility index (Phi) is 4.98.